The molecular formula is C28H33N3O7S. The molecule has 10 nitrogen and oxygen atoms in total. The Morgan fingerprint density at radius 2 is 1.56 bits per heavy atom. The first-order valence-corrected chi connectivity index (χ1v) is 13.3. The maximum absolute atomic E-state index is 13.3. The van der Waals surface area contributed by atoms with Crippen LogP contribution >= 0.6 is 11.3 Å². The summed E-state index contributed by atoms with van der Waals surface area (Å²) in [5.74, 6) is 2.30. The number of nitrogens with one attached hydrogen (secondary N) is 1. The number of piperidine rings is 1. The van der Waals surface area contributed by atoms with E-state index in [1.807, 2.05) is 17.0 Å². The summed E-state index contributed by atoms with van der Waals surface area (Å²) in [5, 5.41) is 5.60. The SMILES string of the molecule is COc1ccc(CNC(=O)c2csc(C3CCN(C(=O)c4ccc(OC)c(OC)c4OC)CC3)n2)cc1OC. The molecule has 0 spiro atoms. The standard InChI is InChI=1S/C28H33N3O7S/c1-34-21-8-6-17(14-23(21)36-3)15-29-26(32)20-16-39-27(30-20)18-10-12-31(13-11-18)28(33)19-7-9-22(35-2)25(38-5)24(19)37-4/h6-9,14,16,18H,10-13,15H2,1-5H3,(H,29,32). The van der Waals surface area contributed by atoms with E-state index < -0.39 is 0 Å². The molecule has 2 aromatic carbocycles. The van der Waals surface area contributed by atoms with Crippen molar-refractivity contribution in [2.45, 2.75) is 25.3 Å². The molecular weight excluding hydrogens is 522 g/mol. The summed E-state index contributed by atoms with van der Waals surface area (Å²) in [5.41, 5.74) is 1.71. The molecule has 2 amide bonds. The number of thiazole rings is 1. The summed E-state index contributed by atoms with van der Waals surface area (Å²) in [6.07, 6.45) is 1.50. The number of benzene rings is 2. The molecule has 39 heavy (non-hydrogen) atoms. The van der Waals surface area contributed by atoms with E-state index in [1.54, 1.807) is 37.8 Å². The summed E-state index contributed by atoms with van der Waals surface area (Å²) < 4.78 is 26.8. The topological polar surface area (TPSA) is 108 Å². The predicted octanol–water partition coefficient (Wildman–Crippen LogP) is 4.14. The van der Waals surface area contributed by atoms with Gasteiger partial charge in [-0.25, -0.2) is 4.98 Å². The van der Waals surface area contributed by atoms with Gasteiger partial charge in [-0.2, -0.15) is 0 Å². The van der Waals surface area contributed by atoms with Gasteiger partial charge in [0.05, 0.1) is 46.1 Å². The number of hydrogen-bond acceptors (Lipinski definition) is 9. The smallest absolute Gasteiger partial charge is 0.271 e. The van der Waals surface area contributed by atoms with E-state index in [0.717, 1.165) is 23.4 Å². The van der Waals surface area contributed by atoms with E-state index in [4.69, 9.17) is 23.7 Å². The fraction of sp³-hybridized carbons (Fsp3) is 0.393. The van der Waals surface area contributed by atoms with Gasteiger partial charge in [-0.05, 0) is 42.7 Å². The Kier molecular flexibility index (Phi) is 9.13. The maximum atomic E-state index is 13.3. The second-order valence-electron chi connectivity index (χ2n) is 8.89. The third-order valence-electron chi connectivity index (χ3n) is 6.72. The van der Waals surface area contributed by atoms with Crippen molar-refractivity contribution in [1.29, 1.82) is 0 Å². The average Bonchev–Trinajstić information content (AvgIpc) is 3.49. The van der Waals surface area contributed by atoms with Gasteiger partial charge in [-0.1, -0.05) is 6.07 Å². The molecule has 208 valence electrons. The lowest BCUT2D eigenvalue weighted by atomic mass is 9.97. The zero-order chi connectivity index (χ0) is 27.9. The molecule has 2 heterocycles. The molecule has 0 saturated carbocycles. The Balaban J connectivity index is 1.35. The van der Waals surface area contributed by atoms with Crippen LogP contribution in [0.15, 0.2) is 35.7 Å². The Labute approximate surface area is 231 Å². The number of rotatable bonds is 10. The van der Waals surface area contributed by atoms with Crippen LogP contribution in [-0.4, -0.2) is 70.3 Å². The van der Waals surface area contributed by atoms with Crippen LogP contribution in [0.3, 0.4) is 0 Å². The number of aromatic nitrogens is 1. The minimum Gasteiger partial charge on any atom is -0.493 e. The molecule has 1 aliphatic heterocycles. The first-order chi connectivity index (χ1) is 18.9. The largest absolute Gasteiger partial charge is 0.493 e. The quantitative estimate of drug-likeness (QED) is 0.398. The van der Waals surface area contributed by atoms with Crippen LogP contribution in [0.4, 0.5) is 0 Å². The van der Waals surface area contributed by atoms with Crippen LogP contribution < -0.4 is 29.0 Å². The summed E-state index contributed by atoms with van der Waals surface area (Å²) in [6.45, 7) is 1.48. The second kappa shape index (κ2) is 12.7. The molecule has 0 atom stereocenters. The maximum Gasteiger partial charge on any atom is 0.271 e. The highest BCUT2D eigenvalue weighted by Gasteiger charge is 2.30. The van der Waals surface area contributed by atoms with Crippen LogP contribution in [0.1, 0.15) is 50.2 Å². The average molecular weight is 556 g/mol. The molecule has 1 aromatic heterocycles. The lowest BCUT2D eigenvalue weighted by Crippen LogP contribution is -2.38. The number of hydrogen-bond donors (Lipinski definition) is 1. The number of carbonyl (C=O) groups excluding carboxylic acids is 2. The van der Waals surface area contributed by atoms with E-state index in [0.29, 0.717) is 59.6 Å². The Morgan fingerprint density at radius 3 is 2.21 bits per heavy atom. The van der Waals surface area contributed by atoms with Gasteiger partial charge in [0.25, 0.3) is 11.8 Å². The molecule has 1 aliphatic rings. The summed E-state index contributed by atoms with van der Waals surface area (Å²) in [6, 6.07) is 8.91. The van der Waals surface area contributed by atoms with Gasteiger partial charge in [-0.15, -0.1) is 11.3 Å². The molecule has 0 radical (unpaired) electrons. The number of likely N-dealkylation sites (tertiary alicyclic amines) is 1. The highest BCUT2D eigenvalue weighted by Crippen LogP contribution is 2.41. The fourth-order valence-electron chi connectivity index (χ4n) is 4.61. The van der Waals surface area contributed by atoms with Crippen molar-refractivity contribution >= 4 is 23.2 Å². The number of amides is 2. The first kappa shape index (κ1) is 28.0. The second-order valence-corrected chi connectivity index (χ2v) is 9.78. The molecule has 4 rings (SSSR count). The molecule has 11 heteroatoms. The van der Waals surface area contributed by atoms with Gasteiger partial charge in [0.1, 0.15) is 5.69 Å². The number of ether oxygens (including phenoxy) is 5. The molecule has 0 bridgehead atoms. The molecule has 1 fully saturated rings. The van der Waals surface area contributed by atoms with E-state index in [2.05, 4.69) is 10.3 Å². The van der Waals surface area contributed by atoms with E-state index in [-0.39, 0.29) is 17.7 Å². The van der Waals surface area contributed by atoms with Crippen LogP contribution in [0.25, 0.3) is 0 Å². The molecule has 0 unspecified atom stereocenters. The Morgan fingerprint density at radius 1 is 0.897 bits per heavy atom. The summed E-state index contributed by atoms with van der Waals surface area (Å²) in [4.78, 5) is 32.5. The van der Waals surface area contributed by atoms with Gasteiger partial charge < -0.3 is 33.9 Å². The lowest BCUT2D eigenvalue weighted by Gasteiger charge is -2.31. The van der Waals surface area contributed by atoms with Crippen molar-refractivity contribution in [1.82, 2.24) is 15.2 Å². The zero-order valence-electron chi connectivity index (χ0n) is 22.7. The molecule has 1 saturated heterocycles. The Bertz CT molecular complexity index is 1320. The highest BCUT2D eigenvalue weighted by molar-refractivity contribution is 7.09. The van der Waals surface area contributed by atoms with Gasteiger partial charge in [0.2, 0.25) is 5.75 Å². The fourth-order valence-corrected chi connectivity index (χ4v) is 5.58. The predicted molar refractivity (Wildman–Crippen MR) is 147 cm³/mol. The number of methoxy groups -OCH3 is 5. The van der Waals surface area contributed by atoms with Crippen LogP contribution in [0.5, 0.6) is 28.7 Å². The zero-order valence-corrected chi connectivity index (χ0v) is 23.6. The van der Waals surface area contributed by atoms with Crippen LogP contribution in [-0.2, 0) is 6.54 Å². The van der Waals surface area contributed by atoms with E-state index in [9.17, 15) is 9.59 Å². The normalized spacial score (nSPS) is 13.5. The minimum absolute atomic E-state index is 0.124. The van der Waals surface area contributed by atoms with Gasteiger partial charge in [0, 0.05) is 30.9 Å². The minimum atomic E-state index is -0.236. The lowest BCUT2D eigenvalue weighted by molar-refractivity contribution is 0.0708. The molecule has 3 aromatic rings. The van der Waals surface area contributed by atoms with Gasteiger partial charge in [0.15, 0.2) is 23.0 Å². The van der Waals surface area contributed by atoms with E-state index in [1.165, 1.54) is 32.7 Å². The van der Waals surface area contributed by atoms with Crippen molar-refractivity contribution in [2.75, 3.05) is 48.6 Å². The third-order valence-corrected chi connectivity index (χ3v) is 7.73. The third kappa shape index (κ3) is 6.03. The first-order valence-electron chi connectivity index (χ1n) is 12.5. The van der Waals surface area contributed by atoms with Gasteiger partial charge in [-0.3, -0.25) is 9.59 Å². The van der Waals surface area contributed by atoms with Crippen molar-refractivity contribution in [2.24, 2.45) is 0 Å². The Hall–Kier alpha value is -3.99. The number of nitrogens with zero attached hydrogens (tertiary/aromatic N) is 2. The summed E-state index contributed by atoms with van der Waals surface area (Å²) >= 11 is 1.48. The van der Waals surface area contributed by atoms with Gasteiger partial charge >= 0.3 is 0 Å². The van der Waals surface area contributed by atoms with E-state index >= 15 is 0 Å². The highest BCUT2D eigenvalue weighted by atomic mass is 32.1. The van der Waals surface area contributed by atoms with Crippen LogP contribution in [0, 0.1) is 0 Å². The van der Waals surface area contributed by atoms with Crippen LogP contribution in [0.2, 0.25) is 0 Å². The molecule has 1 N–H and O–H groups in total. The summed E-state index contributed by atoms with van der Waals surface area (Å²) in [7, 11) is 7.71. The van der Waals surface area contributed by atoms with Crippen molar-refractivity contribution in [3.05, 3.63) is 57.5 Å². The monoisotopic (exact) mass is 555 g/mol. The molecule has 0 aliphatic carbocycles. The van der Waals surface area contributed by atoms with Crippen molar-refractivity contribution in [3.8, 4) is 28.7 Å². The van der Waals surface area contributed by atoms with Crippen molar-refractivity contribution < 1.29 is 33.3 Å². The van der Waals surface area contributed by atoms with Crippen molar-refractivity contribution in [3.63, 3.8) is 0 Å². The number of carbonyl (C=O) groups is 2.